The summed E-state index contributed by atoms with van der Waals surface area (Å²) in [5.74, 6) is 0.335. The minimum Gasteiger partial charge on any atom is -0.393 e. The van der Waals surface area contributed by atoms with Gasteiger partial charge in [-0.3, -0.25) is 15.1 Å². The maximum Gasteiger partial charge on any atom is 0.258 e. The van der Waals surface area contributed by atoms with Gasteiger partial charge in [-0.15, -0.1) is 0 Å². The number of carbonyl (C=O) groups is 1. The molecule has 1 aliphatic rings. The van der Waals surface area contributed by atoms with Gasteiger partial charge in [0.25, 0.3) is 5.91 Å². The van der Waals surface area contributed by atoms with E-state index in [-0.39, 0.29) is 18.1 Å². The molecule has 6 heteroatoms. The molecule has 0 aliphatic heterocycles. The number of fused-ring (bicyclic) bond motifs is 1. The number of pyridine rings is 1. The van der Waals surface area contributed by atoms with E-state index in [9.17, 15) is 9.90 Å². The lowest BCUT2D eigenvalue weighted by Gasteiger charge is -2.28. The number of carbonyl (C=O) groups excluding carboxylic acids is 1. The van der Waals surface area contributed by atoms with Gasteiger partial charge in [-0.1, -0.05) is 36.4 Å². The van der Waals surface area contributed by atoms with Crippen LogP contribution < -0.4 is 5.32 Å². The monoisotopic (exact) mass is 426 g/mol. The molecule has 0 spiro atoms. The Bertz CT molecular complexity index is 1270. The number of nitrogens with zero attached hydrogens (tertiary/aromatic N) is 3. The molecule has 0 radical (unpaired) electrons. The Labute approximate surface area is 187 Å². The van der Waals surface area contributed by atoms with Crippen LogP contribution in [-0.4, -0.2) is 31.7 Å². The zero-order valence-corrected chi connectivity index (χ0v) is 18.0. The van der Waals surface area contributed by atoms with Crippen molar-refractivity contribution >= 4 is 22.9 Å². The van der Waals surface area contributed by atoms with Crippen molar-refractivity contribution in [3.05, 3.63) is 78.0 Å². The first-order chi connectivity index (χ1) is 15.6. The fourth-order valence-electron chi connectivity index (χ4n) is 4.57. The van der Waals surface area contributed by atoms with Gasteiger partial charge in [0.15, 0.2) is 0 Å². The van der Waals surface area contributed by atoms with Gasteiger partial charge in [0.05, 0.1) is 22.8 Å². The molecule has 1 amide bonds. The molecule has 6 nitrogen and oxygen atoms in total. The first-order valence-electron chi connectivity index (χ1n) is 11.1. The summed E-state index contributed by atoms with van der Waals surface area (Å²) in [5.41, 5.74) is 5.28. The number of aliphatic hydroxyl groups excluding tert-OH is 1. The van der Waals surface area contributed by atoms with E-state index in [4.69, 9.17) is 4.98 Å². The van der Waals surface area contributed by atoms with Crippen molar-refractivity contribution in [2.45, 2.75) is 44.8 Å². The molecule has 4 aromatic rings. The Hall–Kier alpha value is -3.51. The number of aromatic nitrogens is 3. The van der Waals surface area contributed by atoms with Crippen LogP contribution in [0.2, 0.25) is 0 Å². The van der Waals surface area contributed by atoms with Crippen LogP contribution in [0.15, 0.2) is 66.9 Å². The number of anilines is 1. The molecule has 1 saturated carbocycles. The summed E-state index contributed by atoms with van der Waals surface area (Å²) in [7, 11) is 0. The van der Waals surface area contributed by atoms with Crippen molar-refractivity contribution < 1.29 is 9.90 Å². The van der Waals surface area contributed by atoms with Gasteiger partial charge < -0.3 is 9.67 Å². The van der Waals surface area contributed by atoms with Crippen LogP contribution in [0.25, 0.3) is 22.3 Å². The van der Waals surface area contributed by atoms with E-state index in [1.165, 1.54) is 0 Å². The van der Waals surface area contributed by atoms with E-state index in [2.05, 4.69) is 14.9 Å². The summed E-state index contributed by atoms with van der Waals surface area (Å²) in [4.78, 5) is 22.4. The molecular formula is C26H26N4O2. The van der Waals surface area contributed by atoms with E-state index in [1.807, 2.05) is 61.5 Å². The van der Waals surface area contributed by atoms with Gasteiger partial charge >= 0.3 is 0 Å². The van der Waals surface area contributed by atoms with Gasteiger partial charge in [-0.25, -0.2) is 4.98 Å². The predicted octanol–water partition coefficient (Wildman–Crippen LogP) is 5.14. The van der Waals surface area contributed by atoms with E-state index in [0.29, 0.717) is 11.5 Å². The lowest BCUT2D eigenvalue weighted by atomic mass is 9.93. The third-order valence-corrected chi connectivity index (χ3v) is 6.30. The summed E-state index contributed by atoms with van der Waals surface area (Å²) in [6.45, 7) is 2.03. The molecule has 32 heavy (non-hydrogen) atoms. The number of imidazole rings is 1. The highest BCUT2D eigenvalue weighted by Gasteiger charge is 2.25. The lowest BCUT2D eigenvalue weighted by molar-refractivity contribution is 0.102. The van der Waals surface area contributed by atoms with E-state index in [0.717, 1.165) is 53.5 Å². The number of amides is 1. The van der Waals surface area contributed by atoms with Gasteiger partial charge in [0.1, 0.15) is 0 Å². The quantitative estimate of drug-likeness (QED) is 0.474. The second kappa shape index (κ2) is 8.55. The van der Waals surface area contributed by atoms with Crippen LogP contribution in [0, 0.1) is 6.92 Å². The smallest absolute Gasteiger partial charge is 0.258 e. The van der Waals surface area contributed by atoms with Crippen LogP contribution in [0.1, 0.15) is 47.6 Å². The molecule has 1 fully saturated rings. The number of nitrogens with one attached hydrogen (secondary N) is 1. The number of benzene rings is 2. The second-order valence-corrected chi connectivity index (χ2v) is 8.46. The third-order valence-electron chi connectivity index (χ3n) is 6.30. The van der Waals surface area contributed by atoms with Crippen molar-refractivity contribution in [3.8, 4) is 11.3 Å². The number of aryl methyl sites for hydroxylation is 1. The lowest BCUT2D eigenvalue weighted by Crippen LogP contribution is -2.23. The predicted molar refractivity (Wildman–Crippen MR) is 126 cm³/mol. The average Bonchev–Trinajstić information content (AvgIpc) is 3.18. The Balaban J connectivity index is 1.47. The Morgan fingerprint density at radius 1 is 1.03 bits per heavy atom. The van der Waals surface area contributed by atoms with Crippen molar-refractivity contribution in [1.29, 1.82) is 0 Å². The molecule has 0 bridgehead atoms. The SMILES string of the molecule is Cc1ccccc1-c1cc(C(=O)Nc2nc3ccccc3n2C2CCC(O)CC2)ccn1. The number of para-hydroxylation sites is 2. The van der Waals surface area contributed by atoms with Gasteiger partial charge in [0, 0.05) is 23.4 Å². The molecule has 0 unspecified atom stereocenters. The fraction of sp³-hybridized carbons (Fsp3) is 0.269. The first kappa shape index (κ1) is 20.4. The molecule has 2 heterocycles. The molecule has 5 rings (SSSR count). The zero-order valence-electron chi connectivity index (χ0n) is 18.0. The second-order valence-electron chi connectivity index (χ2n) is 8.46. The average molecular weight is 427 g/mol. The van der Waals surface area contributed by atoms with Gasteiger partial charge in [-0.05, 0) is 62.4 Å². The number of hydrogen-bond donors (Lipinski definition) is 2. The normalized spacial score (nSPS) is 18.6. The van der Waals surface area contributed by atoms with Crippen LogP contribution in [0.5, 0.6) is 0 Å². The van der Waals surface area contributed by atoms with Crippen molar-refractivity contribution in [3.63, 3.8) is 0 Å². The topological polar surface area (TPSA) is 80.0 Å². The molecule has 0 saturated heterocycles. The maximum atomic E-state index is 13.2. The number of rotatable bonds is 4. The van der Waals surface area contributed by atoms with Crippen molar-refractivity contribution in [2.24, 2.45) is 0 Å². The van der Waals surface area contributed by atoms with Crippen LogP contribution in [0.3, 0.4) is 0 Å². The van der Waals surface area contributed by atoms with Crippen LogP contribution >= 0.6 is 0 Å². The minimum atomic E-state index is -0.240. The summed E-state index contributed by atoms with van der Waals surface area (Å²) in [6, 6.07) is 19.7. The summed E-state index contributed by atoms with van der Waals surface area (Å²) >= 11 is 0. The van der Waals surface area contributed by atoms with Crippen molar-refractivity contribution in [1.82, 2.24) is 14.5 Å². The highest BCUT2D eigenvalue weighted by atomic mass is 16.3. The molecular weight excluding hydrogens is 400 g/mol. The zero-order chi connectivity index (χ0) is 22.1. The highest BCUT2D eigenvalue weighted by molar-refractivity contribution is 6.04. The summed E-state index contributed by atoms with van der Waals surface area (Å²) in [5, 5.41) is 13.0. The molecule has 2 aromatic carbocycles. The summed E-state index contributed by atoms with van der Waals surface area (Å²) < 4.78 is 2.13. The molecule has 1 aliphatic carbocycles. The molecule has 2 aromatic heterocycles. The van der Waals surface area contributed by atoms with Crippen LogP contribution in [-0.2, 0) is 0 Å². The highest BCUT2D eigenvalue weighted by Crippen LogP contribution is 2.34. The molecule has 162 valence electrons. The third kappa shape index (κ3) is 3.89. The van der Waals surface area contributed by atoms with Gasteiger partial charge in [0.2, 0.25) is 5.95 Å². The summed E-state index contributed by atoms with van der Waals surface area (Å²) in [6.07, 6.45) is 4.66. The molecule has 0 atom stereocenters. The fourth-order valence-corrected chi connectivity index (χ4v) is 4.57. The standard InChI is InChI=1S/C26H26N4O2/c1-17-6-2-3-7-21(17)23-16-18(14-15-27-23)25(32)29-26-28-22-8-4-5-9-24(22)30(26)19-10-12-20(31)13-11-19/h2-9,14-16,19-20,31H,10-13H2,1H3,(H,28,29,32). The Morgan fingerprint density at radius 3 is 2.59 bits per heavy atom. The first-order valence-corrected chi connectivity index (χ1v) is 11.1. The largest absolute Gasteiger partial charge is 0.393 e. The van der Waals surface area contributed by atoms with E-state index >= 15 is 0 Å². The molecule has 2 N–H and O–H groups in total. The van der Waals surface area contributed by atoms with E-state index < -0.39 is 0 Å². The van der Waals surface area contributed by atoms with Crippen molar-refractivity contribution in [2.75, 3.05) is 5.32 Å². The Kier molecular flexibility index (Phi) is 5.45. The van der Waals surface area contributed by atoms with E-state index in [1.54, 1.807) is 12.3 Å². The van der Waals surface area contributed by atoms with Gasteiger partial charge in [-0.2, -0.15) is 0 Å². The maximum absolute atomic E-state index is 13.2. The Morgan fingerprint density at radius 2 is 1.78 bits per heavy atom. The number of hydrogen-bond acceptors (Lipinski definition) is 4. The minimum absolute atomic E-state index is 0.195. The van der Waals surface area contributed by atoms with Crippen LogP contribution in [0.4, 0.5) is 5.95 Å². The number of aliphatic hydroxyl groups is 1.